The van der Waals surface area contributed by atoms with Gasteiger partial charge in [0.05, 0.1) is 5.39 Å². The number of fused-ring (bicyclic) bond motifs is 1. The van der Waals surface area contributed by atoms with Crippen LogP contribution in [-0.2, 0) is 17.9 Å². The molecule has 1 N–H and O–H groups in total. The first-order valence-corrected chi connectivity index (χ1v) is 6.97. The van der Waals surface area contributed by atoms with Crippen LogP contribution < -0.4 is 10.9 Å². The number of hydrogen-bond acceptors (Lipinski definition) is 4. The van der Waals surface area contributed by atoms with Gasteiger partial charge < -0.3 is 5.32 Å². The lowest BCUT2D eigenvalue weighted by Gasteiger charge is -2.07. The Morgan fingerprint density at radius 3 is 2.65 bits per heavy atom. The van der Waals surface area contributed by atoms with Gasteiger partial charge in [-0.3, -0.25) is 9.59 Å². The van der Waals surface area contributed by atoms with Crippen molar-refractivity contribution in [3.63, 3.8) is 0 Å². The second-order valence-electron chi connectivity index (χ2n) is 4.97. The quantitative estimate of drug-likeness (QED) is 0.786. The van der Waals surface area contributed by atoms with E-state index in [9.17, 15) is 14.0 Å². The summed E-state index contributed by atoms with van der Waals surface area (Å²) in [5, 5.41) is 10.7. The van der Waals surface area contributed by atoms with Gasteiger partial charge in [-0.25, -0.2) is 9.07 Å². The smallest absolute Gasteiger partial charge is 0.278 e. The van der Waals surface area contributed by atoms with Gasteiger partial charge in [0.2, 0.25) is 5.91 Å². The number of aromatic nitrogens is 3. The standard InChI is InChI=1S/C16H13FN4O2/c17-12-7-5-11(6-8-12)9-18-15(22)10-21-16(23)13-3-1-2-4-14(13)19-20-21/h1-8H,9-10H2,(H,18,22). The molecule has 3 aromatic rings. The Bertz CT molecular complexity index is 906. The lowest BCUT2D eigenvalue weighted by atomic mass is 10.2. The van der Waals surface area contributed by atoms with Crippen molar-refractivity contribution in [3.05, 3.63) is 70.3 Å². The van der Waals surface area contributed by atoms with Crippen molar-refractivity contribution < 1.29 is 9.18 Å². The highest BCUT2D eigenvalue weighted by Gasteiger charge is 2.09. The van der Waals surface area contributed by atoms with Gasteiger partial charge >= 0.3 is 0 Å². The molecule has 7 heteroatoms. The van der Waals surface area contributed by atoms with E-state index in [1.165, 1.54) is 12.1 Å². The van der Waals surface area contributed by atoms with E-state index >= 15 is 0 Å². The highest BCUT2D eigenvalue weighted by atomic mass is 19.1. The van der Waals surface area contributed by atoms with E-state index < -0.39 is 0 Å². The summed E-state index contributed by atoms with van der Waals surface area (Å²) in [4.78, 5) is 24.1. The Kier molecular flexibility index (Phi) is 4.09. The Balaban J connectivity index is 1.69. The van der Waals surface area contributed by atoms with Crippen molar-refractivity contribution >= 4 is 16.8 Å². The third kappa shape index (κ3) is 3.39. The molecule has 1 aromatic heterocycles. The number of halogens is 1. The van der Waals surface area contributed by atoms with E-state index in [0.717, 1.165) is 10.2 Å². The first kappa shape index (κ1) is 14.8. The van der Waals surface area contributed by atoms with Gasteiger partial charge in [-0.15, -0.1) is 5.10 Å². The van der Waals surface area contributed by atoms with Crippen molar-refractivity contribution in [2.45, 2.75) is 13.1 Å². The molecule has 0 fully saturated rings. The molecule has 0 radical (unpaired) electrons. The number of carbonyl (C=O) groups is 1. The van der Waals surface area contributed by atoms with Crippen molar-refractivity contribution in [3.8, 4) is 0 Å². The summed E-state index contributed by atoms with van der Waals surface area (Å²) in [5.41, 5.74) is 0.879. The summed E-state index contributed by atoms with van der Waals surface area (Å²) >= 11 is 0. The minimum Gasteiger partial charge on any atom is -0.350 e. The molecule has 0 spiro atoms. The summed E-state index contributed by atoms with van der Waals surface area (Å²) in [6, 6.07) is 12.6. The molecule has 0 aliphatic rings. The van der Waals surface area contributed by atoms with Crippen LogP contribution in [0.25, 0.3) is 10.9 Å². The predicted octanol–water partition coefficient (Wildman–Crippen LogP) is 1.25. The van der Waals surface area contributed by atoms with Crippen molar-refractivity contribution in [1.82, 2.24) is 20.3 Å². The molecule has 0 saturated heterocycles. The van der Waals surface area contributed by atoms with Crippen LogP contribution in [0.5, 0.6) is 0 Å². The first-order valence-electron chi connectivity index (χ1n) is 6.97. The Morgan fingerprint density at radius 1 is 1.13 bits per heavy atom. The molecule has 1 heterocycles. The molecule has 116 valence electrons. The topological polar surface area (TPSA) is 76.9 Å². The zero-order valence-electron chi connectivity index (χ0n) is 12.1. The Labute approximate surface area is 130 Å². The fourth-order valence-electron chi connectivity index (χ4n) is 2.12. The maximum atomic E-state index is 12.8. The maximum Gasteiger partial charge on any atom is 0.278 e. The van der Waals surface area contributed by atoms with Gasteiger partial charge in [-0.05, 0) is 29.8 Å². The van der Waals surface area contributed by atoms with Crippen molar-refractivity contribution in [2.75, 3.05) is 0 Å². The van der Waals surface area contributed by atoms with E-state index in [1.807, 2.05) is 0 Å². The SMILES string of the molecule is O=C(Cn1nnc2ccccc2c1=O)NCc1ccc(F)cc1. The summed E-state index contributed by atoms with van der Waals surface area (Å²) in [5.74, 6) is -0.709. The van der Waals surface area contributed by atoms with Gasteiger partial charge in [-0.2, -0.15) is 0 Å². The number of benzene rings is 2. The zero-order chi connectivity index (χ0) is 16.2. The van der Waals surface area contributed by atoms with Crippen LogP contribution >= 0.6 is 0 Å². The average molecular weight is 312 g/mol. The Hall–Kier alpha value is -3.09. The highest BCUT2D eigenvalue weighted by molar-refractivity contribution is 5.78. The molecule has 0 atom stereocenters. The summed E-state index contributed by atoms with van der Waals surface area (Å²) < 4.78 is 13.8. The summed E-state index contributed by atoms with van der Waals surface area (Å²) in [6.07, 6.45) is 0. The van der Waals surface area contributed by atoms with Gasteiger partial charge in [0, 0.05) is 6.54 Å². The molecule has 0 unspecified atom stereocenters. The third-order valence-corrected chi connectivity index (χ3v) is 3.33. The molecule has 0 aliphatic carbocycles. The van der Waals surface area contributed by atoms with Crippen LogP contribution in [0, 0.1) is 5.82 Å². The van der Waals surface area contributed by atoms with Crippen LogP contribution in [0.4, 0.5) is 4.39 Å². The zero-order valence-corrected chi connectivity index (χ0v) is 12.1. The lowest BCUT2D eigenvalue weighted by Crippen LogP contribution is -2.34. The molecule has 3 rings (SSSR count). The fraction of sp³-hybridized carbons (Fsp3) is 0.125. The Morgan fingerprint density at radius 2 is 1.87 bits per heavy atom. The number of nitrogens with zero attached hydrogens (tertiary/aromatic N) is 3. The molecule has 23 heavy (non-hydrogen) atoms. The van der Waals surface area contributed by atoms with Crippen LogP contribution in [0.1, 0.15) is 5.56 Å². The van der Waals surface area contributed by atoms with Crippen molar-refractivity contribution in [1.29, 1.82) is 0 Å². The maximum absolute atomic E-state index is 12.8. The molecule has 0 aliphatic heterocycles. The minimum atomic E-state index is -0.374. The minimum absolute atomic E-state index is 0.224. The third-order valence-electron chi connectivity index (χ3n) is 3.33. The average Bonchev–Trinajstić information content (AvgIpc) is 2.57. The van der Waals surface area contributed by atoms with Gasteiger partial charge in [0.1, 0.15) is 17.9 Å². The van der Waals surface area contributed by atoms with E-state index in [-0.39, 0.29) is 30.4 Å². The van der Waals surface area contributed by atoms with E-state index in [0.29, 0.717) is 10.9 Å². The van der Waals surface area contributed by atoms with Crippen LogP contribution in [0.3, 0.4) is 0 Å². The summed E-state index contributed by atoms with van der Waals surface area (Å²) in [7, 11) is 0. The van der Waals surface area contributed by atoms with Crippen LogP contribution in [0.15, 0.2) is 53.3 Å². The van der Waals surface area contributed by atoms with Crippen LogP contribution in [0.2, 0.25) is 0 Å². The molecule has 6 nitrogen and oxygen atoms in total. The number of nitrogens with one attached hydrogen (secondary N) is 1. The number of hydrogen-bond donors (Lipinski definition) is 1. The second kappa shape index (κ2) is 6.35. The van der Waals surface area contributed by atoms with Crippen LogP contribution in [-0.4, -0.2) is 20.9 Å². The molecule has 0 saturated carbocycles. The summed E-state index contributed by atoms with van der Waals surface area (Å²) in [6.45, 7) is 0.0206. The van der Waals surface area contributed by atoms with E-state index in [4.69, 9.17) is 0 Å². The largest absolute Gasteiger partial charge is 0.350 e. The van der Waals surface area contributed by atoms with Gasteiger partial charge in [0.25, 0.3) is 5.56 Å². The predicted molar refractivity (Wildman–Crippen MR) is 82.0 cm³/mol. The monoisotopic (exact) mass is 312 g/mol. The second-order valence-corrected chi connectivity index (χ2v) is 4.97. The molecule has 2 aromatic carbocycles. The van der Waals surface area contributed by atoms with E-state index in [1.54, 1.807) is 36.4 Å². The number of rotatable bonds is 4. The van der Waals surface area contributed by atoms with Gasteiger partial charge in [0.15, 0.2) is 0 Å². The number of carbonyl (C=O) groups excluding carboxylic acids is 1. The van der Waals surface area contributed by atoms with Gasteiger partial charge in [-0.1, -0.05) is 29.5 Å². The first-order chi connectivity index (χ1) is 11.1. The molecular formula is C16H13FN4O2. The fourth-order valence-corrected chi connectivity index (χ4v) is 2.12. The molecular weight excluding hydrogens is 299 g/mol. The highest BCUT2D eigenvalue weighted by Crippen LogP contribution is 2.04. The normalized spacial score (nSPS) is 10.7. The van der Waals surface area contributed by atoms with E-state index in [2.05, 4.69) is 15.6 Å². The molecule has 1 amide bonds. The van der Waals surface area contributed by atoms with Crippen molar-refractivity contribution in [2.24, 2.45) is 0 Å². The molecule has 0 bridgehead atoms. The lowest BCUT2D eigenvalue weighted by molar-refractivity contribution is -0.122. The number of amides is 1.